The smallest absolute Gasteiger partial charge is 0.416 e. The van der Waals surface area contributed by atoms with Crippen LogP contribution < -0.4 is 4.74 Å². The monoisotopic (exact) mass is 708 g/mol. The molecule has 0 unspecified atom stereocenters. The highest BCUT2D eigenvalue weighted by molar-refractivity contribution is 5.98. The summed E-state index contributed by atoms with van der Waals surface area (Å²) in [5.41, 5.74) is -1.88. The lowest BCUT2D eigenvalue weighted by Gasteiger charge is -2.21. The summed E-state index contributed by atoms with van der Waals surface area (Å²) in [4.78, 5) is 21.3. The van der Waals surface area contributed by atoms with Gasteiger partial charge in [0, 0.05) is 29.2 Å². The predicted molar refractivity (Wildman–Crippen MR) is 162 cm³/mol. The van der Waals surface area contributed by atoms with E-state index >= 15 is 0 Å². The number of ether oxygens (including phenoxy) is 1. The minimum atomic E-state index is -5.10. The van der Waals surface area contributed by atoms with Gasteiger partial charge in [0.2, 0.25) is 5.88 Å². The third-order valence-corrected chi connectivity index (χ3v) is 8.95. The second-order valence-corrected chi connectivity index (χ2v) is 12.0. The summed E-state index contributed by atoms with van der Waals surface area (Å²) < 4.78 is 129. The Hall–Kier alpha value is -5.08. The number of aryl methyl sites for hydroxylation is 1. The summed E-state index contributed by atoms with van der Waals surface area (Å²) in [7, 11) is 1.32. The topological polar surface area (TPSA) is 81.0 Å². The number of rotatable bonds is 6. The van der Waals surface area contributed by atoms with E-state index in [1.807, 2.05) is 0 Å². The molecular weight excluding hydrogens is 683 g/mol. The van der Waals surface area contributed by atoms with E-state index in [9.17, 15) is 49.4 Å². The van der Waals surface area contributed by atoms with Gasteiger partial charge >= 0.3 is 24.5 Å². The Morgan fingerprint density at radius 1 is 0.800 bits per heavy atom. The van der Waals surface area contributed by atoms with Gasteiger partial charge in [-0.1, -0.05) is 17.3 Å². The number of alkyl halides is 9. The third kappa shape index (κ3) is 6.48. The number of aromatic nitrogens is 1. The quantitative estimate of drug-likeness (QED) is 0.202. The molecule has 15 heteroatoms. The standard InChI is InChI=1S/C35H25F9N2O4/c1-16-9-17(32(47)48)3-5-23(16)19-12-28(31(49-2)45-15-19)24-6-4-20(33(36,37)38)14-27(24)25-7-8-26-29(25)46-50-30(26)18-10-21(34(39,40)41)13-22(11-18)35(42,43)44/h3-6,9-15,25-26,30H,7-8H2,1-2H3,(H,47,48)/t25-,26+,30+/m0/s1. The van der Waals surface area contributed by atoms with Crippen molar-refractivity contribution in [1.29, 1.82) is 0 Å². The van der Waals surface area contributed by atoms with Crippen molar-refractivity contribution in [2.75, 3.05) is 7.11 Å². The molecule has 1 saturated carbocycles. The highest BCUT2D eigenvalue weighted by atomic mass is 19.4. The molecule has 1 N–H and O–H groups in total. The normalized spacial score (nSPS) is 19.2. The molecule has 6 rings (SSSR count). The number of carbonyl (C=O) groups is 1. The second-order valence-electron chi connectivity index (χ2n) is 12.0. The average molecular weight is 709 g/mol. The summed E-state index contributed by atoms with van der Waals surface area (Å²) in [6, 6.07) is 10.2. The van der Waals surface area contributed by atoms with Gasteiger partial charge in [-0.15, -0.1) is 0 Å². The summed E-state index contributed by atoms with van der Waals surface area (Å²) in [5, 5.41) is 13.4. The SMILES string of the molecule is COc1ncc(-c2ccc(C(=O)O)cc2C)cc1-c1ccc(C(F)(F)F)cc1[C@@H]1CC[C@@H]2C1=NO[C@@H]2c1cc(C(F)(F)F)cc(C(F)(F)F)c1. The minimum Gasteiger partial charge on any atom is -0.481 e. The van der Waals surface area contributed by atoms with Gasteiger partial charge in [0.05, 0.1) is 35.1 Å². The molecule has 1 fully saturated rings. The molecular formula is C35H25F9N2O4. The van der Waals surface area contributed by atoms with Crippen LogP contribution in [-0.4, -0.2) is 28.9 Å². The first kappa shape index (κ1) is 34.8. The molecule has 1 aliphatic carbocycles. The fourth-order valence-corrected chi connectivity index (χ4v) is 6.63. The van der Waals surface area contributed by atoms with E-state index in [1.165, 1.54) is 31.5 Å². The first-order valence-corrected chi connectivity index (χ1v) is 15.0. The van der Waals surface area contributed by atoms with Gasteiger partial charge in [-0.3, -0.25) is 0 Å². The van der Waals surface area contributed by atoms with Crippen molar-refractivity contribution in [3.8, 4) is 28.1 Å². The van der Waals surface area contributed by atoms with Gasteiger partial charge in [-0.05, 0) is 96.1 Å². The van der Waals surface area contributed by atoms with Crippen molar-refractivity contribution < 1.29 is 59.0 Å². The molecule has 6 nitrogen and oxygen atoms in total. The lowest BCUT2D eigenvalue weighted by Crippen LogP contribution is -2.18. The zero-order valence-corrected chi connectivity index (χ0v) is 26.0. The number of carboxylic acid groups (broad SMARTS) is 1. The summed E-state index contributed by atoms with van der Waals surface area (Å²) in [6.07, 6.45) is -14.5. The number of benzene rings is 3. The number of fused-ring (bicyclic) bond motifs is 1. The number of hydrogen-bond donors (Lipinski definition) is 1. The molecule has 3 atom stereocenters. The van der Waals surface area contributed by atoms with E-state index in [4.69, 9.17) is 9.57 Å². The highest BCUT2D eigenvalue weighted by Crippen LogP contribution is 2.51. The van der Waals surface area contributed by atoms with Crippen molar-refractivity contribution in [2.45, 2.75) is 50.3 Å². The van der Waals surface area contributed by atoms with Gasteiger partial charge in [-0.2, -0.15) is 39.5 Å². The Balaban J connectivity index is 1.44. The van der Waals surface area contributed by atoms with Crippen LogP contribution in [0.4, 0.5) is 39.5 Å². The molecule has 0 bridgehead atoms. The summed E-state index contributed by atoms with van der Waals surface area (Å²) >= 11 is 0. The fraction of sp³-hybridized carbons (Fsp3) is 0.286. The van der Waals surface area contributed by atoms with Crippen LogP contribution in [0.15, 0.2) is 72.0 Å². The lowest BCUT2D eigenvalue weighted by molar-refractivity contribution is -0.143. The number of carboxylic acids is 1. The molecule has 1 aromatic heterocycles. The number of hydrogen-bond acceptors (Lipinski definition) is 5. The van der Waals surface area contributed by atoms with Gasteiger partial charge in [-0.25, -0.2) is 9.78 Å². The number of pyridine rings is 1. The molecule has 0 spiro atoms. The van der Waals surface area contributed by atoms with Crippen LogP contribution in [0.1, 0.15) is 68.6 Å². The maximum atomic E-state index is 14.1. The van der Waals surface area contributed by atoms with E-state index in [2.05, 4.69) is 10.1 Å². The van der Waals surface area contributed by atoms with Crippen molar-refractivity contribution in [2.24, 2.45) is 11.1 Å². The van der Waals surface area contributed by atoms with Crippen LogP contribution in [0.3, 0.4) is 0 Å². The maximum absolute atomic E-state index is 14.1. The van der Waals surface area contributed by atoms with Crippen LogP contribution >= 0.6 is 0 Å². The number of methoxy groups -OCH3 is 1. The van der Waals surface area contributed by atoms with Crippen molar-refractivity contribution in [3.63, 3.8) is 0 Å². The van der Waals surface area contributed by atoms with Crippen molar-refractivity contribution in [1.82, 2.24) is 4.98 Å². The molecule has 0 saturated heterocycles. The molecule has 4 aromatic rings. The zero-order valence-electron chi connectivity index (χ0n) is 26.0. The van der Waals surface area contributed by atoms with E-state index in [0.717, 1.165) is 12.1 Å². The van der Waals surface area contributed by atoms with Gasteiger partial charge in [0.15, 0.2) is 6.10 Å². The Morgan fingerprint density at radius 2 is 1.44 bits per heavy atom. The van der Waals surface area contributed by atoms with Crippen LogP contribution in [0, 0.1) is 12.8 Å². The number of nitrogens with zero attached hydrogens (tertiary/aromatic N) is 2. The van der Waals surface area contributed by atoms with E-state index in [0.29, 0.717) is 28.8 Å². The van der Waals surface area contributed by atoms with Crippen LogP contribution in [0.2, 0.25) is 0 Å². The van der Waals surface area contributed by atoms with Crippen molar-refractivity contribution in [3.05, 3.63) is 106 Å². The Labute approximate surface area is 278 Å². The largest absolute Gasteiger partial charge is 0.481 e. The molecule has 262 valence electrons. The highest BCUT2D eigenvalue weighted by Gasteiger charge is 2.47. The third-order valence-electron chi connectivity index (χ3n) is 8.95. The molecule has 1 aliphatic heterocycles. The van der Waals surface area contributed by atoms with Crippen LogP contribution in [-0.2, 0) is 23.4 Å². The summed E-state index contributed by atoms with van der Waals surface area (Å²) in [5.74, 6) is -2.77. The molecule has 0 radical (unpaired) electrons. The first-order chi connectivity index (χ1) is 23.4. The Morgan fingerprint density at radius 3 is 2.02 bits per heavy atom. The van der Waals surface area contributed by atoms with Crippen molar-refractivity contribution >= 4 is 11.7 Å². The van der Waals surface area contributed by atoms with Crippen LogP contribution in [0.5, 0.6) is 5.88 Å². The Bertz CT molecular complexity index is 1990. The fourth-order valence-electron chi connectivity index (χ4n) is 6.63. The molecule has 2 aliphatic rings. The number of aromatic carboxylic acids is 1. The molecule has 50 heavy (non-hydrogen) atoms. The van der Waals surface area contributed by atoms with Gasteiger partial charge in [0.1, 0.15) is 0 Å². The van der Waals surface area contributed by atoms with Gasteiger partial charge < -0.3 is 14.7 Å². The van der Waals surface area contributed by atoms with E-state index in [1.54, 1.807) is 19.1 Å². The summed E-state index contributed by atoms with van der Waals surface area (Å²) in [6.45, 7) is 1.69. The number of oxime groups is 1. The zero-order chi connectivity index (χ0) is 36.3. The Kier molecular flexibility index (Phi) is 8.59. The van der Waals surface area contributed by atoms with Gasteiger partial charge in [0.25, 0.3) is 0 Å². The van der Waals surface area contributed by atoms with E-state index < -0.39 is 64.7 Å². The maximum Gasteiger partial charge on any atom is 0.416 e. The lowest BCUT2D eigenvalue weighted by atomic mass is 9.84. The van der Waals surface area contributed by atoms with E-state index in [-0.39, 0.29) is 52.8 Å². The number of halogens is 9. The van der Waals surface area contributed by atoms with Crippen LogP contribution in [0.25, 0.3) is 22.3 Å². The predicted octanol–water partition coefficient (Wildman–Crippen LogP) is 10.1. The molecule has 2 heterocycles. The second kappa shape index (κ2) is 12.4. The first-order valence-electron chi connectivity index (χ1n) is 15.0. The minimum absolute atomic E-state index is 0.00410. The molecule has 0 amide bonds. The average Bonchev–Trinajstić information content (AvgIpc) is 3.65. The molecule has 3 aromatic carbocycles.